The van der Waals surface area contributed by atoms with E-state index in [0.29, 0.717) is 61.4 Å². The number of nitrogens with zero attached hydrogens (tertiary/aromatic N) is 2. The number of likely N-dealkylation sites (N-methyl/N-ethyl adjacent to an activating group) is 2. The second-order valence-corrected chi connectivity index (χ2v) is 15.7. The number of carbonyl (C=O) groups excluding carboxylic acids is 2. The minimum Gasteiger partial charge on any atom is -0.461 e. The van der Waals surface area contributed by atoms with Crippen LogP contribution in [0.1, 0.15) is 75.0 Å². The van der Waals surface area contributed by atoms with Gasteiger partial charge in [-0.25, -0.2) is 0 Å². The Balaban J connectivity index is 0.988. The number of piperidine rings is 2. The van der Waals surface area contributed by atoms with E-state index in [0.717, 1.165) is 64.4 Å². The smallest absolute Gasteiger partial charge is 0.321 e. The summed E-state index contributed by atoms with van der Waals surface area (Å²) in [6.45, 7) is 6.67. The van der Waals surface area contributed by atoms with Crippen LogP contribution in [0, 0.1) is 0 Å². The van der Waals surface area contributed by atoms with Gasteiger partial charge < -0.3 is 27.9 Å². The molecule has 1 aliphatic carbocycles. The zero-order chi connectivity index (χ0) is 31.6. The number of rotatable bonds is 7. The van der Waals surface area contributed by atoms with Crippen LogP contribution in [0.25, 0.3) is 0 Å². The van der Waals surface area contributed by atoms with E-state index < -0.39 is 11.3 Å². The van der Waals surface area contributed by atoms with Gasteiger partial charge in [-0.3, -0.25) is 9.59 Å². The Morgan fingerprint density at radius 3 is 1.78 bits per heavy atom. The Morgan fingerprint density at radius 1 is 0.739 bits per heavy atom. The molecule has 2 aromatic carbocycles. The number of carbonyl (C=O) groups is 2. The van der Waals surface area contributed by atoms with Crippen molar-refractivity contribution >= 4 is 11.9 Å². The first-order chi connectivity index (χ1) is 22.2. The number of epoxide rings is 2. The first-order valence-corrected chi connectivity index (χ1v) is 17.8. The van der Waals surface area contributed by atoms with Crippen molar-refractivity contribution in [2.45, 2.75) is 124 Å². The highest BCUT2D eigenvalue weighted by Gasteiger charge is 2.73. The number of quaternary nitrogens is 2. The van der Waals surface area contributed by atoms with Crippen LogP contribution in [0.3, 0.4) is 0 Å². The largest absolute Gasteiger partial charge is 0.461 e. The molecule has 0 aromatic heterocycles. The standard InChI is InChI=1S/C38H48N2O6/c1-5-39(3)28-18-23(19-29(39)33-32(28)45-33)43-36(41)26-16-17-38(22-12-8-7-9-13-22,27-15-11-10-14-25(26)27)37(42)44-24-20-30-34-35(46-34)31(21-24)40(30,4)6-2/h7-15,23-24,26,28-35H,5-6,16-21H2,1-4H3/q+2/t23?,24?,26-,28-,29+,30-,31+,32?,33?,34?,35?,38+,39?,40?/m0/s1. The molecule has 9 rings (SSSR count). The molecule has 6 fully saturated rings. The highest BCUT2D eigenvalue weighted by molar-refractivity contribution is 5.91. The van der Waals surface area contributed by atoms with Crippen molar-refractivity contribution in [1.29, 1.82) is 0 Å². The third kappa shape index (κ3) is 3.93. The van der Waals surface area contributed by atoms with E-state index in [4.69, 9.17) is 18.9 Å². The lowest BCUT2D eigenvalue weighted by molar-refractivity contribution is -0.954. The van der Waals surface area contributed by atoms with Crippen molar-refractivity contribution < 1.29 is 37.5 Å². The Labute approximate surface area is 272 Å². The molecule has 14 atom stereocenters. The zero-order valence-corrected chi connectivity index (χ0v) is 27.5. The van der Waals surface area contributed by atoms with Crippen LogP contribution < -0.4 is 0 Å². The van der Waals surface area contributed by atoms with Gasteiger partial charge in [-0.1, -0.05) is 54.6 Å². The molecule has 0 radical (unpaired) electrons. The maximum absolute atomic E-state index is 14.7. The average molecular weight is 629 g/mol. The summed E-state index contributed by atoms with van der Waals surface area (Å²) < 4.78 is 27.1. The molecule has 244 valence electrons. The molecule has 2 aromatic rings. The molecule has 0 N–H and O–H groups in total. The van der Waals surface area contributed by atoms with Crippen LogP contribution >= 0.6 is 0 Å². The van der Waals surface area contributed by atoms with Crippen LogP contribution in [0.2, 0.25) is 0 Å². The van der Waals surface area contributed by atoms with Crippen LogP contribution in [-0.4, -0.2) is 109 Å². The summed E-state index contributed by atoms with van der Waals surface area (Å²) in [6, 6.07) is 19.6. The van der Waals surface area contributed by atoms with Crippen molar-refractivity contribution in [3.63, 3.8) is 0 Å². The van der Waals surface area contributed by atoms with Gasteiger partial charge in [0.05, 0.1) is 33.1 Å². The fourth-order valence-electron chi connectivity index (χ4n) is 11.2. The quantitative estimate of drug-likeness (QED) is 0.260. The highest BCUT2D eigenvalue weighted by Crippen LogP contribution is 2.55. The fourth-order valence-corrected chi connectivity index (χ4v) is 11.2. The molecule has 6 saturated heterocycles. The molecule has 4 bridgehead atoms. The molecule has 7 aliphatic rings. The Hall–Kier alpha value is -2.78. The van der Waals surface area contributed by atoms with Crippen LogP contribution in [0.5, 0.6) is 0 Å². The first-order valence-electron chi connectivity index (χ1n) is 17.8. The lowest BCUT2D eigenvalue weighted by atomic mass is 9.63. The molecule has 8 heteroatoms. The number of esters is 2. The van der Waals surface area contributed by atoms with E-state index >= 15 is 0 Å². The molecule has 0 amide bonds. The van der Waals surface area contributed by atoms with E-state index in [9.17, 15) is 9.59 Å². The Morgan fingerprint density at radius 2 is 1.24 bits per heavy atom. The summed E-state index contributed by atoms with van der Waals surface area (Å²) in [4.78, 5) is 28.8. The fraction of sp³-hybridized carbons (Fsp3) is 0.632. The molecular formula is C38H48N2O6+2. The maximum atomic E-state index is 14.7. The Bertz CT molecular complexity index is 1530. The first kappa shape index (κ1) is 29.4. The molecule has 46 heavy (non-hydrogen) atoms. The van der Waals surface area contributed by atoms with E-state index in [-0.39, 0.29) is 24.1 Å². The number of hydrogen-bond donors (Lipinski definition) is 0. The van der Waals surface area contributed by atoms with E-state index in [1.54, 1.807) is 0 Å². The van der Waals surface area contributed by atoms with E-state index in [1.165, 1.54) is 0 Å². The molecule has 6 aliphatic heterocycles. The third-order valence-corrected chi connectivity index (χ3v) is 14.1. The second kappa shape index (κ2) is 10.1. The average Bonchev–Trinajstić information content (AvgIpc) is 3.99. The summed E-state index contributed by atoms with van der Waals surface area (Å²) >= 11 is 0. The van der Waals surface area contributed by atoms with E-state index in [2.05, 4.69) is 27.9 Å². The SMILES string of the molecule is CC[N+]1(C)[C@@H]2CC(OC(=O)[C@H]3CC[C@@](C(=O)OC4C[C@@H]5C6OC6[C@H](C4)[N+]5(C)CC)(c4ccccc4)c4ccccc43)C[C@H]1C1OC12. The molecule has 6 heterocycles. The number of ether oxygens (including phenoxy) is 4. The summed E-state index contributed by atoms with van der Waals surface area (Å²) in [5.74, 6) is -0.756. The summed E-state index contributed by atoms with van der Waals surface area (Å²) in [5, 5.41) is 0. The van der Waals surface area contributed by atoms with E-state index in [1.807, 2.05) is 54.6 Å². The van der Waals surface area contributed by atoms with Gasteiger partial charge in [-0.05, 0) is 43.4 Å². The maximum Gasteiger partial charge on any atom is 0.321 e. The molecule has 0 saturated carbocycles. The Kier molecular flexibility index (Phi) is 6.46. The highest BCUT2D eigenvalue weighted by atomic mass is 16.6. The molecule has 8 unspecified atom stereocenters. The molecule has 8 nitrogen and oxygen atoms in total. The second-order valence-electron chi connectivity index (χ2n) is 15.7. The molecular weight excluding hydrogens is 580 g/mol. The van der Waals surface area contributed by atoms with Crippen LogP contribution in [0.15, 0.2) is 54.6 Å². The lowest BCUT2D eigenvalue weighted by Crippen LogP contribution is -2.62. The van der Waals surface area contributed by atoms with Crippen molar-refractivity contribution in [2.24, 2.45) is 0 Å². The normalized spacial score (nSPS) is 47.3. The monoisotopic (exact) mass is 628 g/mol. The summed E-state index contributed by atoms with van der Waals surface area (Å²) in [6.07, 6.45) is 5.45. The zero-order valence-electron chi connectivity index (χ0n) is 27.5. The van der Waals surface area contributed by atoms with Gasteiger partial charge >= 0.3 is 11.9 Å². The van der Waals surface area contributed by atoms with Crippen molar-refractivity contribution in [3.05, 3.63) is 71.3 Å². The predicted octanol–water partition coefficient (Wildman–Crippen LogP) is 4.23. The topological polar surface area (TPSA) is 77.7 Å². The minimum atomic E-state index is -0.976. The number of morpholine rings is 2. The van der Waals surface area contributed by atoms with Crippen molar-refractivity contribution in [2.75, 3.05) is 27.2 Å². The van der Waals surface area contributed by atoms with Gasteiger partial charge in [0, 0.05) is 25.7 Å². The van der Waals surface area contributed by atoms with Gasteiger partial charge in [-0.15, -0.1) is 0 Å². The van der Waals surface area contributed by atoms with Gasteiger partial charge in [0.1, 0.15) is 66.2 Å². The predicted molar refractivity (Wildman–Crippen MR) is 170 cm³/mol. The van der Waals surface area contributed by atoms with Crippen LogP contribution in [0.4, 0.5) is 0 Å². The number of benzene rings is 2. The third-order valence-electron chi connectivity index (χ3n) is 14.1. The van der Waals surface area contributed by atoms with Crippen LogP contribution in [-0.2, 0) is 34.0 Å². The number of hydrogen-bond acceptors (Lipinski definition) is 6. The van der Waals surface area contributed by atoms with Crippen molar-refractivity contribution in [3.8, 4) is 0 Å². The lowest BCUT2D eigenvalue weighted by Gasteiger charge is -2.48. The molecule has 0 spiro atoms. The minimum absolute atomic E-state index is 0.0846. The number of fused-ring (bicyclic) bond motifs is 11. The summed E-state index contributed by atoms with van der Waals surface area (Å²) in [5.41, 5.74) is 1.73. The van der Waals surface area contributed by atoms with Gasteiger partial charge in [0.25, 0.3) is 0 Å². The van der Waals surface area contributed by atoms with Crippen molar-refractivity contribution in [1.82, 2.24) is 0 Å². The van der Waals surface area contributed by atoms with Gasteiger partial charge in [-0.2, -0.15) is 0 Å². The van der Waals surface area contributed by atoms with Gasteiger partial charge in [0.15, 0.2) is 0 Å². The summed E-state index contributed by atoms with van der Waals surface area (Å²) in [7, 11) is 4.69. The van der Waals surface area contributed by atoms with Gasteiger partial charge in [0.2, 0.25) is 0 Å².